The van der Waals surface area contributed by atoms with Gasteiger partial charge in [-0.3, -0.25) is 0 Å². The summed E-state index contributed by atoms with van der Waals surface area (Å²) >= 11 is 7.62. The third kappa shape index (κ3) is 5.77. The molecule has 14 heavy (non-hydrogen) atoms. The molecule has 0 radical (unpaired) electrons. The summed E-state index contributed by atoms with van der Waals surface area (Å²) in [6, 6.07) is 0. The van der Waals surface area contributed by atoms with Crippen molar-refractivity contribution >= 4 is 23.4 Å². The van der Waals surface area contributed by atoms with Gasteiger partial charge >= 0.3 is 0 Å². The molecule has 82 valence electrons. The number of thioether (sulfide) groups is 1. The van der Waals surface area contributed by atoms with Crippen LogP contribution in [0.4, 0.5) is 0 Å². The Hall–Kier alpha value is 0.120. The van der Waals surface area contributed by atoms with Crippen molar-refractivity contribution in [3.63, 3.8) is 0 Å². The van der Waals surface area contributed by atoms with Gasteiger partial charge in [0, 0.05) is 0 Å². The first-order valence-electron chi connectivity index (χ1n) is 4.86. The van der Waals surface area contributed by atoms with Gasteiger partial charge in [0.1, 0.15) is 0 Å². The number of hydrogen-bond acceptors (Lipinski definition) is 1. The van der Waals surface area contributed by atoms with Gasteiger partial charge in [-0.05, 0) is 37.0 Å². The van der Waals surface area contributed by atoms with Crippen LogP contribution in [0, 0.1) is 5.41 Å². The number of halogens is 1. The lowest BCUT2D eigenvalue weighted by Crippen LogP contribution is -2.05. The van der Waals surface area contributed by atoms with Crippen molar-refractivity contribution in [3.05, 3.63) is 22.1 Å². The molecule has 0 aliphatic heterocycles. The van der Waals surface area contributed by atoms with Crippen LogP contribution in [0.25, 0.3) is 0 Å². The minimum Gasteiger partial charge on any atom is -0.117 e. The molecule has 0 N–H and O–H groups in total. The molecular formula is C12H21ClS. The molecular weight excluding hydrogens is 212 g/mol. The molecule has 0 bridgehead atoms. The van der Waals surface area contributed by atoms with Gasteiger partial charge in [0.25, 0.3) is 0 Å². The minimum absolute atomic E-state index is 0.370. The Morgan fingerprint density at radius 1 is 1.36 bits per heavy atom. The molecule has 0 nitrogen and oxygen atoms in total. The van der Waals surface area contributed by atoms with Crippen molar-refractivity contribution in [2.45, 2.75) is 40.5 Å². The van der Waals surface area contributed by atoms with Gasteiger partial charge in [0.05, 0.1) is 4.36 Å². The Kier molecular flexibility index (Phi) is 5.92. The van der Waals surface area contributed by atoms with E-state index in [1.165, 1.54) is 5.57 Å². The molecule has 2 heteroatoms. The summed E-state index contributed by atoms with van der Waals surface area (Å²) in [4.78, 5) is 0. The molecule has 0 saturated heterocycles. The van der Waals surface area contributed by atoms with E-state index in [0.717, 1.165) is 22.8 Å². The third-order valence-electron chi connectivity index (χ3n) is 2.18. The number of allylic oxidation sites excluding steroid dienone is 2. The van der Waals surface area contributed by atoms with Crippen molar-refractivity contribution in [2.75, 3.05) is 6.26 Å². The Balaban J connectivity index is 4.24. The normalized spacial score (nSPS) is 13.9. The van der Waals surface area contributed by atoms with Crippen molar-refractivity contribution in [1.82, 2.24) is 0 Å². The first-order valence-corrected chi connectivity index (χ1v) is 6.46. The lowest BCUT2D eigenvalue weighted by atomic mass is 9.88. The van der Waals surface area contributed by atoms with Crippen LogP contribution in [0.15, 0.2) is 22.1 Å². The van der Waals surface area contributed by atoms with Gasteiger partial charge in [-0.15, -0.1) is 11.8 Å². The van der Waals surface area contributed by atoms with Gasteiger partial charge in [-0.25, -0.2) is 0 Å². The average molecular weight is 233 g/mol. The molecule has 0 fully saturated rings. The molecule has 0 rings (SSSR count). The zero-order chi connectivity index (χ0) is 11.4. The number of hydrogen-bond donors (Lipinski definition) is 0. The Morgan fingerprint density at radius 2 is 1.86 bits per heavy atom. The van der Waals surface area contributed by atoms with Crippen LogP contribution in [0.5, 0.6) is 0 Å². The van der Waals surface area contributed by atoms with Gasteiger partial charge in [-0.1, -0.05) is 44.5 Å². The second-order valence-electron chi connectivity index (χ2n) is 4.77. The van der Waals surface area contributed by atoms with Crippen LogP contribution in [0.3, 0.4) is 0 Å². The maximum absolute atomic E-state index is 6.04. The van der Waals surface area contributed by atoms with E-state index in [0.29, 0.717) is 5.41 Å². The van der Waals surface area contributed by atoms with E-state index in [2.05, 4.69) is 27.4 Å². The van der Waals surface area contributed by atoms with Crippen LogP contribution in [-0.2, 0) is 0 Å². The second kappa shape index (κ2) is 5.87. The predicted octanol–water partition coefficient (Wildman–Crippen LogP) is 5.20. The van der Waals surface area contributed by atoms with E-state index in [1.54, 1.807) is 11.8 Å². The maximum Gasteiger partial charge on any atom is 0.0763 e. The summed E-state index contributed by atoms with van der Waals surface area (Å²) in [7, 11) is 0. The van der Waals surface area contributed by atoms with Crippen molar-refractivity contribution in [2.24, 2.45) is 5.41 Å². The summed E-state index contributed by atoms with van der Waals surface area (Å²) in [5.74, 6) is 0. The zero-order valence-corrected chi connectivity index (χ0v) is 11.5. The van der Waals surface area contributed by atoms with Gasteiger partial charge < -0.3 is 0 Å². The maximum atomic E-state index is 6.04. The molecule has 0 unspecified atom stereocenters. The fourth-order valence-electron chi connectivity index (χ4n) is 1.01. The van der Waals surface area contributed by atoms with Crippen molar-refractivity contribution < 1.29 is 0 Å². The molecule has 0 aromatic heterocycles. The smallest absolute Gasteiger partial charge is 0.0763 e. The summed E-state index contributed by atoms with van der Waals surface area (Å²) in [6.45, 7) is 12.9. The predicted molar refractivity (Wildman–Crippen MR) is 69.9 cm³/mol. The van der Waals surface area contributed by atoms with Crippen LogP contribution >= 0.6 is 23.4 Å². The van der Waals surface area contributed by atoms with Crippen LogP contribution < -0.4 is 0 Å². The Bertz CT molecular complexity index is 233. The van der Waals surface area contributed by atoms with E-state index < -0.39 is 0 Å². The quantitative estimate of drug-likeness (QED) is 0.601. The molecule has 0 atom stereocenters. The van der Waals surface area contributed by atoms with Crippen molar-refractivity contribution in [1.29, 1.82) is 0 Å². The summed E-state index contributed by atoms with van der Waals surface area (Å²) < 4.78 is 0.865. The van der Waals surface area contributed by atoms with E-state index in [4.69, 9.17) is 11.6 Å². The summed E-state index contributed by atoms with van der Waals surface area (Å²) in [6.07, 6.45) is 4.18. The lowest BCUT2D eigenvalue weighted by molar-refractivity contribution is 0.378. The first-order chi connectivity index (χ1) is 6.28. The zero-order valence-electron chi connectivity index (χ0n) is 9.91. The lowest BCUT2D eigenvalue weighted by Gasteiger charge is -2.19. The van der Waals surface area contributed by atoms with Crippen LogP contribution in [0.1, 0.15) is 40.5 Å². The third-order valence-corrected chi connectivity index (χ3v) is 3.59. The second-order valence-corrected chi connectivity index (χ2v) is 6.19. The highest BCUT2D eigenvalue weighted by atomic mass is 35.5. The molecule has 0 spiro atoms. The van der Waals surface area contributed by atoms with Crippen molar-refractivity contribution in [3.8, 4) is 0 Å². The summed E-state index contributed by atoms with van der Waals surface area (Å²) in [5.41, 5.74) is 2.68. The Labute approximate surface area is 97.8 Å². The topological polar surface area (TPSA) is 0 Å². The first kappa shape index (κ1) is 14.1. The fraction of sp³-hybridized carbons (Fsp3) is 0.667. The van der Waals surface area contributed by atoms with Crippen LogP contribution in [-0.4, -0.2) is 6.26 Å². The minimum atomic E-state index is 0.370. The number of rotatable bonds is 4. The summed E-state index contributed by atoms with van der Waals surface area (Å²) in [5, 5.41) is 0. The highest BCUT2D eigenvalue weighted by molar-refractivity contribution is 8.03. The average Bonchev–Trinajstić information content (AvgIpc) is 2.10. The van der Waals surface area contributed by atoms with Gasteiger partial charge in [-0.2, -0.15) is 0 Å². The molecule has 0 aromatic rings. The Morgan fingerprint density at radius 3 is 2.21 bits per heavy atom. The highest BCUT2D eigenvalue weighted by Gasteiger charge is 2.11. The molecule has 0 saturated carbocycles. The monoisotopic (exact) mass is 232 g/mol. The van der Waals surface area contributed by atoms with Crippen LogP contribution in [0.2, 0.25) is 0 Å². The van der Waals surface area contributed by atoms with E-state index in [9.17, 15) is 0 Å². The van der Waals surface area contributed by atoms with Gasteiger partial charge in [0.2, 0.25) is 0 Å². The van der Waals surface area contributed by atoms with E-state index in [1.807, 2.05) is 13.2 Å². The largest absolute Gasteiger partial charge is 0.117 e. The molecule has 0 aliphatic carbocycles. The van der Waals surface area contributed by atoms with E-state index >= 15 is 0 Å². The SMILES string of the molecule is C=C(CCC(C)(C)C)C(C)=C(Cl)SC. The molecule has 0 aromatic carbocycles. The van der Waals surface area contributed by atoms with E-state index in [-0.39, 0.29) is 0 Å². The fourth-order valence-corrected chi connectivity index (χ4v) is 1.59. The van der Waals surface area contributed by atoms with Gasteiger partial charge in [0.15, 0.2) is 0 Å². The molecule has 0 heterocycles. The highest BCUT2D eigenvalue weighted by Crippen LogP contribution is 2.30. The molecule has 0 aliphatic rings. The molecule has 0 amide bonds. The standard InChI is InChI=1S/C12H21ClS/c1-9(7-8-12(3,4)5)10(2)11(13)14-6/h1,7-8H2,2-6H3.